The maximum absolute atomic E-state index is 12.8. The van der Waals surface area contributed by atoms with Gasteiger partial charge >= 0.3 is 0 Å². The average Bonchev–Trinajstić information content (AvgIpc) is 3.08. The third-order valence-electron chi connectivity index (χ3n) is 3.73. The maximum Gasteiger partial charge on any atom is 0.272 e. The number of nitrogens with one attached hydrogen (secondary N) is 2. The zero-order chi connectivity index (χ0) is 14.8. The number of aliphatic hydroxyl groups excluding tert-OH is 1. The van der Waals surface area contributed by atoms with Gasteiger partial charge in [0.2, 0.25) is 0 Å². The molecule has 110 valence electrons. The van der Waals surface area contributed by atoms with E-state index in [4.69, 9.17) is 0 Å². The number of rotatable bonds is 4. The molecular formula is C15H16FN3O2. The molecule has 1 aromatic heterocycles. The number of fused-ring (bicyclic) bond motifs is 1. The molecule has 0 saturated carbocycles. The van der Waals surface area contributed by atoms with Gasteiger partial charge in [-0.2, -0.15) is 5.10 Å². The monoisotopic (exact) mass is 289 g/mol. The van der Waals surface area contributed by atoms with Gasteiger partial charge in [0.25, 0.3) is 5.91 Å². The van der Waals surface area contributed by atoms with Crippen molar-refractivity contribution in [2.75, 3.05) is 6.54 Å². The van der Waals surface area contributed by atoms with E-state index in [-0.39, 0.29) is 18.3 Å². The molecule has 0 bridgehead atoms. The van der Waals surface area contributed by atoms with Crippen LogP contribution in [-0.4, -0.2) is 27.8 Å². The van der Waals surface area contributed by atoms with Crippen molar-refractivity contribution in [3.8, 4) is 0 Å². The number of aromatic amines is 1. The number of hydrogen-bond acceptors (Lipinski definition) is 3. The van der Waals surface area contributed by atoms with Gasteiger partial charge in [0.05, 0.1) is 6.10 Å². The van der Waals surface area contributed by atoms with Crippen LogP contribution >= 0.6 is 0 Å². The molecule has 0 saturated heterocycles. The lowest BCUT2D eigenvalue weighted by Gasteiger charge is -2.12. The lowest BCUT2D eigenvalue weighted by Crippen LogP contribution is -2.29. The smallest absolute Gasteiger partial charge is 0.272 e. The van der Waals surface area contributed by atoms with E-state index in [2.05, 4.69) is 15.5 Å². The fraction of sp³-hybridized carbons (Fsp3) is 0.333. The van der Waals surface area contributed by atoms with Crippen LogP contribution in [0.15, 0.2) is 24.3 Å². The van der Waals surface area contributed by atoms with Gasteiger partial charge in [-0.1, -0.05) is 12.1 Å². The van der Waals surface area contributed by atoms with Crippen molar-refractivity contribution >= 4 is 5.91 Å². The molecule has 0 spiro atoms. The Kier molecular flexibility index (Phi) is 3.70. The third-order valence-corrected chi connectivity index (χ3v) is 3.73. The summed E-state index contributed by atoms with van der Waals surface area (Å²) < 4.78 is 12.8. The standard InChI is InChI=1S/C15H16FN3O2/c16-10-6-4-9(5-7-10)13(20)8-17-15(21)14-11-2-1-3-12(11)18-19-14/h4-7,13,20H,1-3,8H2,(H,17,21)(H,18,19). The largest absolute Gasteiger partial charge is 0.387 e. The van der Waals surface area contributed by atoms with Gasteiger partial charge < -0.3 is 10.4 Å². The van der Waals surface area contributed by atoms with Gasteiger partial charge in [-0.25, -0.2) is 4.39 Å². The number of halogens is 1. The summed E-state index contributed by atoms with van der Waals surface area (Å²) in [5.74, 6) is -0.655. The normalized spacial score (nSPS) is 14.8. The highest BCUT2D eigenvalue weighted by Gasteiger charge is 2.23. The first kappa shape index (κ1) is 13.8. The molecule has 1 aliphatic carbocycles. The predicted molar refractivity (Wildman–Crippen MR) is 74.3 cm³/mol. The summed E-state index contributed by atoms with van der Waals surface area (Å²) in [5.41, 5.74) is 2.97. The molecule has 21 heavy (non-hydrogen) atoms. The third kappa shape index (κ3) is 2.80. The molecule has 6 heteroatoms. The first-order valence-electron chi connectivity index (χ1n) is 6.93. The molecule has 1 atom stereocenters. The van der Waals surface area contributed by atoms with Crippen molar-refractivity contribution in [1.29, 1.82) is 0 Å². The minimum absolute atomic E-state index is 0.0616. The summed E-state index contributed by atoms with van der Waals surface area (Å²) in [5, 5.41) is 19.6. The Hall–Kier alpha value is -2.21. The highest BCUT2D eigenvalue weighted by atomic mass is 19.1. The van der Waals surface area contributed by atoms with Crippen molar-refractivity contribution in [1.82, 2.24) is 15.5 Å². The molecule has 1 amide bonds. The average molecular weight is 289 g/mol. The van der Waals surface area contributed by atoms with Crippen LogP contribution in [0.1, 0.15) is 39.8 Å². The van der Waals surface area contributed by atoms with Crippen LogP contribution in [0.2, 0.25) is 0 Å². The first-order valence-corrected chi connectivity index (χ1v) is 6.93. The summed E-state index contributed by atoms with van der Waals surface area (Å²) in [6, 6.07) is 5.55. The number of hydrogen-bond donors (Lipinski definition) is 3. The highest BCUT2D eigenvalue weighted by Crippen LogP contribution is 2.22. The fourth-order valence-electron chi connectivity index (χ4n) is 2.58. The zero-order valence-electron chi connectivity index (χ0n) is 11.4. The molecule has 3 N–H and O–H groups in total. The van der Waals surface area contributed by atoms with Crippen LogP contribution in [-0.2, 0) is 12.8 Å². The van der Waals surface area contributed by atoms with Crippen LogP contribution in [0, 0.1) is 5.82 Å². The molecule has 0 fully saturated rings. The van der Waals surface area contributed by atoms with Crippen molar-refractivity contribution in [2.24, 2.45) is 0 Å². The Balaban J connectivity index is 1.61. The number of aryl methyl sites for hydroxylation is 1. The van der Waals surface area contributed by atoms with Crippen molar-refractivity contribution < 1.29 is 14.3 Å². The molecule has 5 nitrogen and oxygen atoms in total. The lowest BCUT2D eigenvalue weighted by molar-refractivity contribution is 0.0910. The minimum atomic E-state index is -0.874. The summed E-state index contributed by atoms with van der Waals surface area (Å²) in [7, 11) is 0. The second kappa shape index (κ2) is 5.65. The number of carbonyl (C=O) groups excluding carboxylic acids is 1. The molecule has 1 unspecified atom stereocenters. The Morgan fingerprint density at radius 1 is 1.38 bits per heavy atom. The molecule has 0 radical (unpaired) electrons. The minimum Gasteiger partial charge on any atom is -0.387 e. The highest BCUT2D eigenvalue weighted by molar-refractivity contribution is 5.94. The van der Waals surface area contributed by atoms with Gasteiger partial charge in [0.15, 0.2) is 5.69 Å². The van der Waals surface area contributed by atoms with Crippen molar-refractivity contribution in [2.45, 2.75) is 25.4 Å². The van der Waals surface area contributed by atoms with E-state index >= 15 is 0 Å². The molecule has 1 aromatic carbocycles. The van der Waals surface area contributed by atoms with E-state index in [0.29, 0.717) is 11.3 Å². The van der Waals surface area contributed by atoms with Crippen LogP contribution in [0.25, 0.3) is 0 Å². The second-order valence-electron chi connectivity index (χ2n) is 5.16. The summed E-state index contributed by atoms with van der Waals surface area (Å²) >= 11 is 0. The van der Waals surface area contributed by atoms with Crippen molar-refractivity contribution in [3.63, 3.8) is 0 Å². The Morgan fingerprint density at radius 2 is 2.14 bits per heavy atom. The predicted octanol–water partition coefficient (Wildman–Crippen LogP) is 1.50. The van der Waals surface area contributed by atoms with Gasteiger partial charge in [0, 0.05) is 17.8 Å². The fourth-order valence-corrected chi connectivity index (χ4v) is 2.58. The SMILES string of the molecule is O=C(NCC(O)c1ccc(F)cc1)c1n[nH]c2c1CCC2. The lowest BCUT2D eigenvalue weighted by atomic mass is 10.1. The second-order valence-corrected chi connectivity index (χ2v) is 5.16. The van der Waals surface area contributed by atoms with E-state index in [9.17, 15) is 14.3 Å². The number of benzene rings is 1. The topological polar surface area (TPSA) is 78.0 Å². The summed E-state index contributed by atoms with van der Waals surface area (Å²) in [6.45, 7) is 0.0616. The number of aromatic nitrogens is 2. The molecular weight excluding hydrogens is 273 g/mol. The quantitative estimate of drug-likeness (QED) is 0.798. The van der Waals surface area contributed by atoms with E-state index in [1.54, 1.807) is 0 Å². The van der Waals surface area contributed by atoms with Crippen molar-refractivity contribution in [3.05, 3.63) is 52.6 Å². The Labute approximate surface area is 121 Å². The summed E-state index contributed by atoms with van der Waals surface area (Å²) in [4.78, 5) is 12.1. The number of nitrogens with zero attached hydrogens (tertiary/aromatic N) is 1. The van der Waals surface area contributed by atoms with E-state index in [1.165, 1.54) is 24.3 Å². The molecule has 1 aliphatic rings. The molecule has 2 aromatic rings. The van der Waals surface area contributed by atoms with E-state index in [1.807, 2.05) is 0 Å². The first-order chi connectivity index (χ1) is 10.1. The van der Waals surface area contributed by atoms with Gasteiger partial charge in [-0.15, -0.1) is 0 Å². The van der Waals surface area contributed by atoms with Crippen LogP contribution in [0.3, 0.4) is 0 Å². The van der Waals surface area contributed by atoms with Gasteiger partial charge in [-0.05, 0) is 37.0 Å². The Bertz CT molecular complexity index is 651. The van der Waals surface area contributed by atoms with E-state index in [0.717, 1.165) is 30.5 Å². The number of carbonyl (C=O) groups is 1. The number of amides is 1. The van der Waals surface area contributed by atoms with Gasteiger partial charge in [-0.3, -0.25) is 9.89 Å². The van der Waals surface area contributed by atoms with Gasteiger partial charge in [0.1, 0.15) is 5.82 Å². The zero-order valence-corrected chi connectivity index (χ0v) is 11.4. The molecule has 0 aliphatic heterocycles. The van der Waals surface area contributed by atoms with Crippen LogP contribution < -0.4 is 5.32 Å². The number of aliphatic hydroxyl groups is 1. The summed E-state index contributed by atoms with van der Waals surface area (Å²) in [6.07, 6.45) is 1.94. The van der Waals surface area contributed by atoms with Crippen LogP contribution in [0.4, 0.5) is 4.39 Å². The molecule has 1 heterocycles. The maximum atomic E-state index is 12.8. The van der Waals surface area contributed by atoms with E-state index < -0.39 is 6.10 Å². The number of H-pyrrole nitrogens is 1. The Morgan fingerprint density at radius 3 is 2.90 bits per heavy atom. The van der Waals surface area contributed by atoms with Crippen LogP contribution in [0.5, 0.6) is 0 Å². The molecule has 3 rings (SSSR count).